The van der Waals surface area contributed by atoms with E-state index in [1.165, 1.54) is 25.9 Å². The van der Waals surface area contributed by atoms with E-state index in [1.807, 2.05) is 0 Å². The zero-order valence-electron chi connectivity index (χ0n) is 10.2. The van der Waals surface area contributed by atoms with Crippen molar-refractivity contribution in [1.82, 2.24) is 9.80 Å². The predicted octanol–water partition coefficient (Wildman–Crippen LogP) is 1.57. The average Bonchev–Trinajstić information content (AvgIpc) is 2.29. The quantitative estimate of drug-likeness (QED) is 0.734. The van der Waals surface area contributed by atoms with Gasteiger partial charge in [-0.2, -0.15) is 0 Å². The summed E-state index contributed by atoms with van der Waals surface area (Å²) in [6, 6.07) is 0. The minimum Gasteiger partial charge on any atom is -0.374 e. The minimum absolute atomic E-state index is 0.423. The van der Waals surface area contributed by atoms with Gasteiger partial charge in [-0.15, -0.1) is 0 Å². The fourth-order valence-electron chi connectivity index (χ4n) is 2.63. The number of nitrogens with zero attached hydrogens (tertiary/aromatic N) is 2. The number of rotatable bonds is 3. The van der Waals surface area contributed by atoms with Crippen LogP contribution in [0.3, 0.4) is 0 Å². The van der Waals surface area contributed by atoms with Crippen LogP contribution in [0.15, 0.2) is 0 Å². The van der Waals surface area contributed by atoms with Gasteiger partial charge in [0, 0.05) is 31.0 Å². The second kappa shape index (κ2) is 6.34. The molecule has 94 valence electrons. The molecule has 4 heteroatoms. The van der Waals surface area contributed by atoms with Gasteiger partial charge in [-0.3, -0.25) is 9.80 Å². The topological polar surface area (TPSA) is 15.7 Å². The lowest BCUT2D eigenvalue weighted by Crippen LogP contribution is -2.49. The van der Waals surface area contributed by atoms with Crippen LogP contribution in [-0.2, 0) is 4.74 Å². The fraction of sp³-hybridized carbons (Fsp3) is 1.00. The molecule has 0 amide bonds. The summed E-state index contributed by atoms with van der Waals surface area (Å²) >= 11 is 3.73. The summed E-state index contributed by atoms with van der Waals surface area (Å²) in [6.07, 6.45) is 3.06. The molecule has 0 aliphatic carbocycles. The van der Waals surface area contributed by atoms with Crippen molar-refractivity contribution >= 4 is 15.9 Å². The average molecular weight is 291 g/mol. The molecule has 0 saturated carbocycles. The van der Waals surface area contributed by atoms with E-state index in [0.717, 1.165) is 32.8 Å². The molecule has 0 bridgehead atoms. The number of morpholine rings is 1. The van der Waals surface area contributed by atoms with Crippen molar-refractivity contribution in [1.29, 1.82) is 0 Å². The summed E-state index contributed by atoms with van der Waals surface area (Å²) in [5, 5.41) is 0. The number of alkyl halides is 1. The summed E-state index contributed by atoms with van der Waals surface area (Å²) in [6.45, 7) is 10.1. The van der Waals surface area contributed by atoms with Crippen LogP contribution < -0.4 is 0 Å². The van der Waals surface area contributed by atoms with Crippen molar-refractivity contribution in [2.24, 2.45) is 0 Å². The Hall–Kier alpha value is 0.360. The van der Waals surface area contributed by atoms with Crippen molar-refractivity contribution in [3.63, 3.8) is 0 Å². The van der Waals surface area contributed by atoms with Crippen LogP contribution in [0.5, 0.6) is 0 Å². The number of ether oxygens (including phenoxy) is 1. The zero-order chi connectivity index (χ0) is 11.4. The summed E-state index contributed by atoms with van der Waals surface area (Å²) in [4.78, 5) is 5.73. The lowest BCUT2D eigenvalue weighted by atomic mass is 10.1. The summed E-state index contributed by atoms with van der Waals surface area (Å²) in [5.74, 6) is 0. The van der Waals surface area contributed by atoms with Gasteiger partial charge in [0.25, 0.3) is 0 Å². The SMILES string of the molecule is CCN1CCOC(CN2CCCC(Br)C2)C1. The molecule has 0 aromatic carbocycles. The van der Waals surface area contributed by atoms with E-state index in [2.05, 4.69) is 32.7 Å². The van der Waals surface area contributed by atoms with Crippen molar-refractivity contribution in [3.8, 4) is 0 Å². The van der Waals surface area contributed by atoms with Crippen LogP contribution in [0.2, 0.25) is 0 Å². The first-order valence-corrected chi connectivity index (χ1v) is 7.40. The van der Waals surface area contributed by atoms with E-state index in [-0.39, 0.29) is 0 Å². The molecule has 2 heterocycles. The highest BCUT2D eigenvalue weighted by molar-refractivity contribution is 9.09. The maximum absolute atomic E-state index is 5.85. The Labute approximate surface area is 107 Å². The molecule has 16 heavy (non-hydrogen) atoms. The first-order valence-electron chi connectivity index (χ1n) is 6.48. The fourth-order valence-corrected chi connectivity index (χ4v) is 3.36. The van der Waals surface area contributed by atoms with Gasteiger partial charge < -0.3 is 4.74 Å². The van der Waals surface area contributed by atoms with E-state index in [0.29, 0.717) is 10.9 Å². The third kappa shape index (κ3) is 3.69. The highest BCUT2D eigenvalue weighted by Gasteiger charge is 2.24. The molecule has 2 unspecified atom stereocenters. The van der Waals surface area contributed by atoms with Gasteiger partial charge in [0.2, 0.25) is 0 Å². The van der Waals surface area contributed by atoms with Gasteiger partial charge in [0.05, 0.1) is 12.7 Å². The smallest absolute Gasteiger partial charge is 0.0829 e. The molecule has 3 nitrogen and oxygen atoms in total. The van der Waals surface area contributed by atoms with Gasteiger partial charge in [-0.05, 0) is 25.9 Å². The van der Waals surface area contributed by atoms with Crippen molar-refractivity contribution in [2.45, 2.75) is 30.7 Å². The molecule has 0 aromatic heterocycles. The Bertz CT molecular complexity index is 215. The van der Waals surface area contributed by atoms with Crippen molar-refractivity contribution in [3.05, 3.63) is 0 Å². The summed E-state index contributed by atoms with van der Waals surface area (Å²) < 4.78 is 5.85. The van der Waals surface area contributed by atoms with Crippen molar-refractivity contribution in [2.75, 3.05) is 45.9 Å². The number of hydrogen-bond donors (Lipinski definition) is 0. The minimum atomic E-state index is 0.423. The molecule has 2 aliphatic rings. The third-order valence-corrected chi connectivity index (χ3v) is 4.33. The Morgan fingerprint density at radius 3 is 2.88 bits per heavy atom. The highest BCUT2D eigenvalue weighted by Crippen LogP contribution is 2.18. The molecule has 2 atom stereocenters. The number of piperidine rings is 1. The first kappa shape index (κ1) is 12.8. The molecular weight excluding hydrogens is 268 g/mol. The van der Waals surface area contributed by atoms with Gasteiger partial charge in [-0.25, -0.2) is 0 Å². The number of halogens is 1. The molecule has 0 radical (unpaired) electrons. The van der Waals surface area contributed by atoms with Crippen LogP contribution in [0.4, 0.5) is 0 Å². The Kier molecular flexibility index (Phi) is 5.07. The van der Waals surface area contributed by atoms with Crippen LogP contribution >= 0.6 is 15.9 Å². The molecule has 2 saturated heterocycles. The molecule has 0 spiro atoms. The van der Waals surface area contributed by atoms with E-state index in [1.54, 1.807) is 0 Å². The van der Waals surface area contributed by atoms with Crippen LogP contribution in [0.1, 0.15) is 19.8 Å². The second-order valence-corrected chi connectivity index (χ2v) is 6.18. The molecule has 2 rings (SSSR count). The second-order valence-electron chi connectivity index (χ2n) is 4.89. The molecule has 0 N–H and O–H groups in total. The van der Waals surface area contributed by atoms with Crippen molar-refractivity contribution < 1.29 is 4.74 Å². The monoisotopic (exact) mass is 290 g/mol. The van der Waals surface area contributed by atoms with Crippen LogP contribution in [0, 0.1) is 0 Å². The van der Waals surface area contributed by atoms with E-state index >= 15 is 0 Å². The Balaban J connectivity index is 1.75. The lowest BCUT2D eigenvalue weighted by molar-refractivity contribution is -0.0433. The molecule has 2 fully saturated rings. The first-order chi connectivity index (χ1) is 7.78. The normalized spacial score (nSPS) is 34.1. The standard InChI is InChI=1S/C12H23BrN2O/c1-2-14-6-7-16-12(9-14)10-15-5-3-4-11(13)8-15/h11-12H,2-10H2,1H3. The Morgan fingerprint density at radius 1 is 1.25 bits per heavy atom. The van der Waals surface area contributed by atoms with Gasteiger partial charge in [0.15, 0.2) is 0 Å². The van der Waals surface area contributed by atoms with E-state index in [9.17, 15) is 0 Å². The molecular formula is C12H23BrN2O. The van der Waals surface area contributed by atoms with Crippen LogP contribution in [-0.4, -0.2) is 66.6 Å². The van der Waals surface area contributed by atoms with Gasteiger partial charge in [0.1, 0.15) is 0 Å². The molecule has 2 aliphatic heterocycles. The number of likely N-dealkylation sites (tertiary alicyclic amines) is 1. The predicted molar refractivity (Wildman–Crippen MR) is 70.2 cm³/mol. The maximum Gasteiger partial charge on any atom is 0.0829 e. The highest BCUT2D eigenvalue weighted by atomic mass is 79.9. The number of likely N-dealkylation sites (N-methyl/N-ethyl adjacent to an activating group) is 1. The summed E-state index contributed by atoms with van der Waals surface area (Å²) in [5.41, 5.74) is 0. The Morgan fingerprint density at radius 2 is 2.12 bits per heavy atom. The third-order valence-electron chi connectivity index (χ3n) is 3.58. The van der Waals surface area contributed by atoms with Crippen LogP contribution in [0.25, 0.3) is 0 Å². The maximum atomic E-state index is 5.85. The number of hydrogen-bond acceptors (Lipinski definition) is 3. The zero-order valence-corrected chi connectivity index (χ0v) is 11.8. The van der Waals surface area contributed by atoms with E-state index < -0.39 is 0 Å². The largest absolute Gasteiger partial charge is 0.374 e. The summed E-state index contributed by atoms with van der Waals surface area (Å²) in [7, 11) is 0. The van der Waals surface area contributed by atoms with E-state index in [4.69, 9.17) is 4.74 Å². The van der Waals surface area contributed by atoms with Gasteiger partial charge >= 0.3 is 0 Å². The molecule has 0 aromatic rings. The lowest BCUT2D eigenvalue weighted by Gasteiger charge is -2.37. The van der Waals surface area contributed by atoms with Gasteiger partial charge in [-0.1, -0.05) is 22.9 Å².